The molecular weight excluding hydrogens is 320 g/mol. The molecule has 0 N–H and O–H groups in total. The van der Waals surface area contributed by atoms with Gasteiger partial charge in [0.1, 0.15) is 0 Å². The second kappa shape index (κ2) is 6.69. The number of likely N-dealkylation sites (tertiary alicyclic amines) is 2. The number of rotatable bonds is 4. The summed E-state index contributed by atoms with van der Waals surface area (Å²) in [7, 11) is 0. The number of nitrogens with zero attached hydrogens (tertiary/aromatic N) is 4. The van der Waals surface area contributed by atoms with E-state index in [9.17, 15) is 4.79 Å². The Balaban J connectivity index is 1.45. The number of aromatic nitrogens is 2. The lowest BCUT2D eigenvalue weighted by molar-refractivity contribution is -0.133. The lowest BCUT2D eigenvalue weighted by Gasteiger charge is -2.38. The van der Waals surface area contributed by atoms with Crippen molar-refractivity contribution in [1.82, 2.24) is 19.6 Å². The monoisotopic (exact) mass is 344 g/mol. The van der Waals surface area contributed by atoms with Crippen molar-refractivity contribution in [2.45, 2.75) is 44.9 Å². The van der Waals surface area contributed by atoms with Crippen molar-refractivity contribution in [1.29, 1.82) is 0 Å². The molecule has 0 aromatic carbocycles. The number of amides is 1. The van der Waals surface area contributed by atoms with Crippen LogP contribution >= 0.6 is 11.3 Å². The Bertz CT molecular complexity index is 669. The standard InChI is InChI=1S/C18H24N4OS/c1-14(23)22-16(12-21-7-3-6-19-21)10-15-11-20(8-5-18(15)22)13-17-4-2-9-24-17/h2-4,6-7,9,15-16,18H,5,8,10-13H2,1H3/t15-,16+,18+/m1/s1. The maximum absolute atomic E-state index is 12.3. The van der Waals surface area contributed by atoms with Crippen LogP contribution in [0.5, 0.6) is 0 Å². The van der Waals surface area contributed by atoms with Gasteiger partial charge in [-0.1, -0.05) is 6.07 Å². The van der Waals surface area contributed by atoms with E-state index in [0.29, 0.717) is 12.0 Å². The molecular formula is C18H24N4OS. The van der Waals surface area contributed by atoms with Crippen LogP contribution in [0.25, 0.3) is 0 Å². The maximum atomic E-state index is 12.3. The van der Waals surface area contributed by atoms with Crippen molar-refractivity contribution in [2.75, 3.05) is 13.1 Å². The fraction of sp³-hybridized carbons (Fsp3) is 0.556. The Morgan fingerprint density at radius 1 is 1.42 bits per heavy atom. The molecule has 4 rings (SSSR count). The van der Waals surface area contributed by atoms with Gasteiger partial charge in [0, 0.05) is 49.9 Å². The first-order valence-corrected chi connectivity index (χ1v) is 9.60. The third kappa shape index (κ3) is 3.13. The van der Waals surface area contributed by atoms with E-state index in [2.05, 4.69) is 32.4 Å². The Kier molecular flexibility index (Phi) is 4.41. The van der Waals surface area contributed by atoms with E-state index < -0.39 is 0 Å². The molecule has 0 saturated carbocycles. The van der Waals surface area contributed by atoms with E-state index in [0.717, 1.165) is 39.0 Å². The van der Waals surface area contributed by atoms with Crippen LogP contribution in [0.2, 0.25) is 0 Å². The van der Waals surface area contributed by atoms with Crippen LogP contribution in [0.3, 0.4) is 0 Å². The normalized spacial score (nSPS) is 27.4. The molecule has 128 valence electrons. The summed E-state index contributed by atoms with van der Waals surface area (Å²) >= 11 is 1.83. The minimum Gasteiger partial charge on any atom is -0.335 e. The molecule has 3 atom stereocenters. The van der Waals surface area contributed by atoms with Gasteiger partial charge in [0.2, 0.25) is 5.91 Å². The summed E-state index contributed by atoms with van der Waals surface area (Å²) in [5, 5.41) is 6.47. The Hall–Kier alpha value is -1.66. The molecule has 5 nitrogen and oxygen atoms in total. The number of hydrogen-bond acceptors (Lipinski definition) is 4. The molecule has 0 unspecified atom stereocenters. The van der Waals surface area contributed by atoms with E-state index in [1.165, 1.54) is 4.88 Å². The molecule has 6 heteroatoms. The zero-order valence-corrected chi connectivity index (χ0v) is 14.9. The number of piperidine rings is 1. The molecule has 0 radical (unpaired) electrons. The first-order valence-electron chi connectivity index (χ1n) is 8.72. The van der Waals surface area contributed by atoms with Gasteiger partial charge in [0.05, 0.1) is 12.6 Å². The SMILES string of the molecule is CC(=O)N1[C@H](Cn2cccn2)C[C@@H]2CN(Cc3cccs3)CC[C@@H]21. The van der Waals surface area contributed by atoms with E-state index in [1.54, 1.807) is 6.92 Å². The lowest BCUT2D eigenvalue weighted by atomic mass is 9.92. The summed E-state index contributed by atoms with van der Waals surface area (Å²) in [6.07, 6.45) is 5.97. The largest absolute Gasteiger partial charge is 0.335 e. The molecule has 2 aliphatic rings. The van der Waals surface area contributed by atoms with E-state index in [4.69, 9.17) is 0 Å². The molecule has 2 aromatic rings. The van der Waals surface area contributed by atoms with Crippen LogP contribution in [-0.2, 0) is 17.9 Å². The molecule has 0 aliphatic carbocycles. The van der Waals surface area contributed by atoms with Gasteiger partial charge >= 0.3 is 0 Å². The zero-order chi connectivity index (χ0) is 16.5. The lowest BCUT2D eigenvalue weighted by Crippen LogP contribution is -2.48. The molecule has 2 aliphatic heterocycles. The first-order chi connectivity index (χ1) is 11.7. The summed E-state index contributed by atoms with van der Waals surface area (Å²) in [4.78, 5) is 18.4. The van der Waals surface area contributed by atoms with Crippen LogP contribution in [0.4, 0.5) is 0 Å². The average molecular weight is 344 g/mol. The van der Waals surface area contributed by atoms with Crippen LogP contribution in [0.15, 0.2) is 36.0 Å². The number of fused-ring (bicyclic) bond motifs is 1. The number of thiophene rings is 1. The molecule has 2 saturated heterocycles. The Morgan fingerprint density at radius 3 is 3.04 bits per heavy atom. The number of carbonyl (C=O) groups is 1. The first kappa shape index (κ1) is 15.8. The summed E-state index contributed by atoms with van der Waals surface area (Å²) in [5.74, 6) is 0.800. The van der Waals surface area contributed by atoms with Crippen LogP contribution < -0.4 is 0 Å². The summed E-state index contributed by atoms with van der Waals surface area (Å²) < 4.78 is 1.96. The fourth-order valence-electron chi connectivity index (χ4n) is 4.47. The van der Waals surface area contributed by atoms with Gasteiger partial charge in [0.15, 0.2) is 0 Å². The Labute approximate surface area is 146 Å². The van der Waals surface area contributed by atoms with Gasteiger partial charge in [-0.3, -0.25) is 14.4 Å². The third-order valence-electron chi connectivity index (χ3n) is 5.38. The van der Waals surface area contributed by atoms with Crippen LogP contribution in [0.1, 0.15) is 24.6 Å². The Morgan fingerprint density at radius 2 is 2.33 bits per heavy atom. The minimum absolute atomic E-state index is 0.214. The topological polar surface area (TPSA) is 41.4 Å². The molecule has 24 heavy (non-hydrogen) atoms. The van der Waals surface area contributed by atoms with Crippen molar-refractivity contribution in [3.8, 4) is 0 Å². The summed E-state index contributed by atoms with van der Waals surface area (Å²) in [6, 6.07) is 6.97. The van der Waals surface area contributed by atoms with E-state index in [-0.39, 0.29) is 11.9 Å². The number of carbonyl (C=O) groups excluding carboxylic acids is 1. The molecule has 2 aromatic heterocycles. The molecule has 2 fully saturated rings. The smallest absolute Gasteiger partial charge is 0.220 e. The van der Waals surface area contributed by atoms with Gasteiger partial charge in [-0.2, -0.15) is 5.10 Å². The summed E-state index contributed by atoms with van der Waals surface area (Å²) in [5.41, 5.74) is 0. The second-order valence-corrected chi connectivity index (χ2v) is 8.01. The van der Waals surface area contributed by atoms with Crippen molar-refractivity contribution in [2.24, 2.45) is 5.92 Å². The summed E-state index contributed by atoms with van der Waals surface area (Å²) in [6.45, 7) is 5.76. The molecule has 1 amide bonds. The fourth-order valence-corrected chi connectivity index (χ4v) is 5.22. The highest BCUT2D eigenvalue weighted by atomic mass is 32.1. The molecule has 0 bridgehead atoms. The van der Waals surface area contributed by atoms with E-state index in [1.807, 2.05) is 34.5 Å². The predicted molar refractivity (Wildman–Crippen MR) is 94.6 cm³/mol. The second-order valence-electron chi connectivity index (χ2n) is 6.97. The van der Waals surface area contributed by atoms with Gasteiger partial charge in [-0.25, -0.2) is 0 Å². The van der Waals surface area contributed by atoms with Gasteiger partial charge in [-0.15, -0.1) is 11.3 Å². The van der Waals surface area contributed by atoms with Gasteiger partial charge in [-0.05, 0) is 36.3 Å². The predicted octanol–water partition coefficient (Wildman–Crippen LogP) is 2.46. The van der Waals surface area contributed by atoms with Gasteiger partial charge < -0.3 is 4.90 Å². The van der Waals surface area contributed by atoms with E-state index >= 15 is 0 Å². The van der Waals surface area contributed by atoms with Crippen molar-refractivity contribution >= 4 is 17.2 Å². The maximum Gasteiger partial charge on any atom is 0.220 e. The van der Waals surface area contributed by atoms with Crippen molar-refractivity contribution in [3.63, 3.8) is 0 Å². The van der Waals surface area contributed by atoms with Crippen molar-refractivity contribution in [3.05, 3.63) is 40.8 Å². The number of hydrogen-bond donors (Lipinski definition) is 0. The highest BCUT2D eigenvalue weighted by molar-refractivity contribution is 7.09. The quantitative estimate of drug-likeness (QED) is 0.855. The molecule has 4 heterocycles. The van der Waals surface area contributed by atoms with Gasteiger partial charge in [0.25, 0.3) is 0 Å². The highest BCUT2D eigenvalue weighted by Gasteiger charge is 2.45. The van der Waals surface area contributed by atoms with Crippen LogP contribution in [0, 0.1) is 5.92 Å². The average Bonchev–Trinajstić information content (AvgIpc) is 3.27. The van der Waals surface area contributed by atoms with Crippen molar-refractivity contribution < 1.29 is 4.79 Å². The van der Waals surface area contributed by atoms with Crippen LogP contribution in [-0.4, -0.2) is 50.7 Å². The molecule has 0 spiro atoms. The highest BCUT2D eigenvalue weighted by Crippen LogP contribution is 2.36. The minimum atomic E-state index is 0.214. The third-order valence-corrected chi connectivity index (χ3v) is 6.24. The zero-order valence-electron chi connectivity index (χ0n) is 14.0.